The molecule has 3 nitrogen and oxygen atoms in total. The van der Waals surface area contributed by atoms with E-state index in [1.54, 1.807) is 0 Å². The van der Waals surface area contributed by atoms with Crippen molar-refractivity contribution < 1.29 is 0 Å². The lowest BCUT2D eigenvalue weighted by molar-refractivity contribution is 0.549. The van der Waals surface area contributed by atoms with Crippen LogP contribution < -0.4 is 5.32 Å². The van der Waals surface area contributed by atoms with Crippen LogP contribution in [0, 0.1) is 12.8 Å². The average molecular weight is 277 g/mol. The predicted octanol–water partition coefficient (Wildman–Crippen LogP) is 3.24. The van der Waals surface area contributed by atoms with Crippen LogP contribution in [0.5, 0.6) is 0 Å². The van der Waals surface area contributed by atoms with Crippen molar-refractivity contribution in [2.75, 3.05) is 6.54 Å². The minimum Gasteiger partial charge on any atom is -0.312 e. The molecular weight excluding hydrogens is 254 g/mol. The minimum atomic E-state index is 0.689. The third-order valence-corrected chi connectivity index (χ3v) is 4.16. The molecular formula is C15H23N3S. The van der Waals surface area contributed by atoms with E-state index in [2.05, 4.69) is 53.4 Å². The van der Waals surface area contributed by atoms with Crippen molar-refractivity contribution in [2.45, 2.75) is 40.3 Å². The summed E-state index contributed by atoms with van der Waals surface area (Å²) in [6, 6.07) is 4.30. The largest absolute Gasteiger partial charge is 0.312 e. The molecule has 0 aliphatic rings. The predicted molar refractivity (Wildman–Crippen MR) is 81.5 cm³/mol. The van der Waals surface area contributed by atoms with E-state index in [-0.39, 0.29) is 0 Å². The average Bonchev–Trinajstić information content (AvgIpc) is 2.98. The standard InChI is InChI=1S/C15H23N3S/c1-12(2)9-16-10-14-11-17-18(13(14)3)7-6-15-5-4-8-19-15/h4-5,8,11-12,16H,6-7,9-10H2,1-3H3. The molecule has 104 valence electrons. The fourth-order valence-electron chi connectivity index (χ4n) is 2.05. The van der Waals surface area contributed by atoms with Gasteiger partial charge in [0.15, 0.2) is 0 Å². The Balaban J connectivity index is 1.86. The first-order valence-electron chi connectivity index (χ1n) is 6.91. The molecule has 0 saturated carbocycles. The van der Waals surface area contributed by atoms with E-state index in [0.717, 1.165) is 26.1 Å². The van der Waals surface area contributed by atoms with Gasteiger partial charge in [-0.15, -0.1) is 11.3 Å². The number of aromatic nitrogens is 2. The summed E-state index contributed by atoms with van der Waals surface area (Å²) in [5, 5.41) is 10.1. The third-order valence-electron chi connectivity index (χ3n) is 3.22. The molecule has 2 aromatic heterocycles. The summed E-state index contributed by atoms with van der Waals surface area (Å²) in [6.45, 7) is 9.56. The Bertz CT molecular complexity index is 485. The molecule has 0 fully saturated rings. The topological polar surface area (TPSA) is 29.9 Å². The number of thiophene rings is 1. The summed E-state index contributed by atoms with van der Waals surface area (Å²) in [5.74, 6) is 0.689. The Morgan fingerprint density at radius 1 is 1.42 bits per heavy atom. The van der Waals surface area contributed by atoms with Crippen LogP contribution in [0.4, 0.5) is 0 Å². The molecule has 0 unspecified atom stereocenters. The first-order chi connectivity index (χ1) is 9.16. The molecule has 0 radical (unpaired) electrons. The molecule has 1 N–H and O–H groups in total. The zero-order chi connectivity index (χ0) is 13.7. The number of rotatable bonds is 7. The molecule has 0 amide bonds. The Labute approximate surface area is 119 Å². The van der Waals surface area contributed by atoms with Crippen LogP contribution in [-0.4, -0.2) is 16.3 Å². The Kier molecular flexibility index (Phi) is 5.16. The second-order valence-corrected chi connectivity index (χ2v) is 6.36. The maximum Gasteiger partial charge on any atom is 0.0537 e. The summed E-state index contributed by atoms with van der Waals surface area (Å²) in [4.78, 5) is 1.43. The zero-order valence-corrected chi connectivity index (χ0v) is 12.8. The fraction of sp³-hybridized carbons (Fsp3) is 0.533. The number of hydrogen-bond donors (Lipinski definition) is 1. The van der Waals surface area contributed by atoms with Crippen molar-refractivity contribution in [3.05, 3.63) is 39.8 Å². The highest BCUT2D eigenvalue weighted by Gasteiger charge is 2.06. The van der Waals surface area contributed by atoms with Crippen molar-refractivity contribution in [1.82, 2.24) is 15.1 Å². The van der Waals surface area contributed by atoms with Gasteiger partial charge in [0.05, 0.1) is 6.20 Å². The van der Waals surface area contributed by atoms with E-state index < -0.39 is 0 Å². The molecule has 4 heteroatoms. The maximum atomic E-state index is 4.49. The van der Waals surface area contributed by atoms with Gasteiger partial charge in [-0.3, -0.25) is 4.68 Å². The smallest absolute Gasteiger partial charge is 0.0537 e. The normalized spacial score (nSPS) is 11.4. The molecule has 0 bridgehead atoms. The van der Waals surface area contributed by atoms with Crippen LogP contribution in [0.1, 0.15) is 30.0 Å². The van der Waals surface area contributed by atoms with E-state index in [1.807, 2.05) is 17.5 Å². The van der Waals surface area contributed by atoms with E-state index in [9.17, 15) is 0 Å². The molecule has 2 heterocycles. The SMILES string of the molecule is Cc1c(CNCC(C)C)cnn1CCc1cccs1. The summed E-state index contributed by atoms with van der Waals surface area (Å²) >= 11 is 1.82. The van der Waals surface area contributed by atoms with Gasteiger partial charge in [-0.25, -0.2) is 0 Å². The number of hydrogen-bond acceptors (Lipinski definition) is 3. The Morgan fingerprint density at radius 2 is 2.26 bits per heavy atom. The van der Waals surface area contributed by atoms with Crippen molar-refractivity contribution in [1.29, 1.82) is 0 Å². The van der Waals surface area contributed by atoms with Gasteiger partial charge >= 0.3 is 0 Å². The van der Waals surface area contributed by atoms with Gasteiger partial charge in [-0.05, 0) is 30.8 Å². The van der Waals surface area contributed by atoms with Crippen LogP contribution in [0.15, 0.2) is 23.7 Å². The highest BCUT2D eigenvalue weighted by Crippen LogP contribution is 2.12. The second kappa shape index (κ2) is 6.87. The number of aryl methyl sites for hydroxylation is 2. The molecule has 0 spiro atoms. The van der Waals surface area contributed by atoms with E-state index in [1.165, 1.54) is 16.1 Å². The van der Waals surface area contributed by atoms with Crippen LogP contribution in [-0.2, 0) is 19.5 Å². The van der Waals surface area contributed by atoms with Crippen LogP contribution in [0.25, 0.3) is 0 Å². The molecule has 2 aromatic rings. The first-order valence-corrected chi connectivity index (χ1v) is 7.79. The molecule has 0 aliphatic carbocycles. The van der Waals surface area contributed by atoms with Crippen molar-refractivity contribution in [2.24, 2.45) is 5.92 Å². The van der Waals surface area contributed by atoms with E-state index >= 15 is 0 Å². The van der Waals surface area contributed by atoms with Crippen molar-refractivity contribution in [3.8, 4) is 0 Å². The molecule has 2 rings (SSSR count). The molecule has 0 aliphatic heterocycles. The van der Waals surface area contributed by atoms with Crippen LogP contribution in [0.3, 0.4) is 0 Å². The Hall–Kier alpha value is -1.13. The van der Waals surface area contributed by atoms with E-state index in [0.29, 0.717) is 5.92 Å². The van der Waals surface area contributed by atoms with Gasteiger partial charge in [0, 0.05) is 35.6 Å². The van der Waals surface area contributed by atoms with Crippen LogP contribution >= 0.6 is 11.3 Å². The summed E-state index contributed by atoms with van der Waals surface area (Å²) < 4.78 is 2.12. The lowest BCUT2D eigenvalue weighted by Gasteiger charge is -2.08. The fourth-order valence-corrected chi connectivity index (χ4v) is 2.75. The second-order valence-electron chi connectivity index (χ2n) is 5.33. The highest BCUT2D eigenvalue weighted by molar-refractivity contribution is 7.09. The van der Waals surface area contributed by atoms with Crippen LogP contribution in [0.2, 0.25) is 0 Å². The van der Waals surface area contributed by atoms with Gasteiger partial charge in [-0.1, -0.05) is 19.9 Å². The number of nitrogens with one attached hydrogen (secondary N) is 1. The summed E-state index contributed by atoms with van der Waals surface area (Å²) in [5.41, 5.74) is 2.60. The monoisotopic (exact) mass is 277 g/mol. The molecule has 0 saturated heterocycles. The molecule has 0 aromatic carbocycles. The molecule has 0 atom stereocenters. The lowest BCUT2D eigenvalue weighted by atomic mass is 10.2. The van der Waals surface area contributed by atoms with Gasteiger partial charge in [0.2, 0.25) is 0 Å². The lowest BCUT2D eigenvalue weighted by Crippen LogP contribution is -2.19. The van der Waals surface area contributed by atoms with Gasteiger partial charge in [0.25, 0.3) is 0 Å². The molecule has 19 heavy (non-hydrogen) atoms. The van der Waals surface area contributed by atoms with Gasteiger partial charge in [-0.2, -0.15) is 5.10 Å². The number of nitrogens with zero attached hydrogens (tertiary/aromatic N) is 2. The highest BCUT2D eigenvalue weighted by atomic mass is 32.1. The van der Waals surface area contributed by atoms with Crippen molar-refractivity contribution in [3.63, 3.8) is 0 Å². The summed E-state index contributed by atoms with van der Waals surface area (Å²) in [6.07, 6.45) is 3.07. The summed E-state index contributed by atoms with van der Waals surface area (Å²) in [7, 11) is 0. The minimum absolute atomic E-state index is 0.689. The van der Waals surface area contributed by atoms with E-state index in [4.69, 9.17) is 0 Å². The van der Waals surface area contributed by atoms with Crippen molar-refractivity contribution >= 4 is 11.3 Å². The quantitative estimate of drug-likeness (QED) is 0.842. The van der Waals surface area contributed by atoms with Gasteiger partial charge < -0.3 is 5.32 Å². The van der Waals surface area contributed by atoms with Gasteiger partial charge in [0.1, 0.15) is 0 Å². The Morgan fingerprint density at radius 3 is 2.95 bits per heavy atom. The first kappa shape index (κ1) is 14.3. The third kappa shape index (κ3) is 4.18. The zero-order valence-electron chi connectivity index (χ0n) is 12.0. The maximum absolute atomic E-state index is 4.49.